The van der Waals surface area contributed by atoms with Gasteiger partial charge in [0.1, 0.15) is 0 Å². The lowest BCUT2D eigenvalue weighted by atomic mass is 9.95. The van der Waals surface area contributed by atoms with Crippen molar-refractivity contribution < 1.29 is 19.4 Å². The molecule has 0 aromatic carbocycles. The third kappa shape index (κ3) is 2.84. The molecule has 1 N–H and O–H groups in total. The predicted octanol–water partition coefficient (Wildman–Crippen LogP) is 1.47. The lowest BCUT2D eigenvalue weighted by molar-refractivity contribution is -0.205. The Hall–Kier alpha value is -0.650. The van der Waals surface area contributed by atoms with Gasteiger partial charge in [0.05, 0.1) is 25.2 Å². The molecule has 2 saturated heterocycles. The van der Waals surface area contributed by atoms with E-state index in [-0.39, 0.29) is 18.6 Å². The molecule has 0 bridgehead atoms. The van der Waals surface area contributed by atoms with Crippen molar-refractivity contribution in [2.75, 3.05) is 19.7 Å². The van der Waals surface area contributed by atoms with E-state index >= 15 is 0 Å². The summed E-state index contributed by atoms with van der Waals surface area (Å²) in [6.07, 6.45) is 3.18. The van der Waals surface area contributed by atoms with E-state index in [1.54, 1.807) is 0 Å². The van der Waals surface area contributed by atoms with Crippen LogP contribution in [0.3, 0.4) is 0 Å². The van der Waals surface area contributed by atoms with E-state index in [0.717, 1.165) is 19.5 Å². The normalized spacial score (nSPS) is 37.9. The van der Waals surface area contributed by atoms with Gasteiger partial charge in [0, 0.05) is 0 Å². The highest BCUT2D eigenvalue weighted by atomic mass is 16.7. The van der Waals surface area contributed by atoms with Crippen LogP contribution in [0.4, 0.5) is 0 Å². The van der Waals surface area contributed by atoms with Crippen molar-refractivity contribution in [2.24, 2.45) is 0 Å². The molecule has 0 amide bonds. The molecule has 2 rings (SSSR count). The van der Waals surface area contributed by atoms with Crippen LogP contribution in [0.15, 0.2) is 0 Å². The number of nitrogens with zero attached hydrogens (tertiary/aromatic N) is 1. The Morgan fingerprint density at radius 3 is 2.94 bits per heavy atom. The summed E-state index contributed by atoms with van der Waals surface area (Å²) >= 11 is 0. The van der Waals surface area contributed by atoms with Crippen molar-refractivity contribution in [1.29, 1.82) is 0 Å². The van der Waals surface area contributed by atoms with Crippen LogP contribution in [0.1, 0.15) is 39.5 Å². The summed E-state index contributed by atoms with van der Waals surface area (Å²) in [5.41, 5.74) is 0. The Morgan fingerprint density at radius 2 is 2.28 bits per heavy atom. The molecule has 0 radical (unpaired) electrons. The Bertz CT molecular complexity index is 309. The molecule has 104 valence electrons. The number of rotatable bonds is 4. The standard InChI is InChI=1S/C13H23NO4/c1-3-14-7-5-4-6-11(14)13(2)17-9-10(18-13)8-12(15)16/h10-11H,3-9H2,1-2H3,(H,15,16). The minimum atomic E-state index is -0.830. The van der Waals surface area contributed by atoms with E-state index in [1.807, 2.05) is 6.92 Å². The number of carboxylic acids is 1. The van der Waals surface area contributed by atoms with Crippen molar-refractivity contribution in [1.82, 2.24) is 4.90 Å². The van der Waals surface area contributed by atoms with Gasteiger partial charge in [-0.15, -0.1) is 0 Å². The summed E-state index contributed by atoms with van der Waals surface area (Å²) < 4.78 is 11.7. The summed E-state index contributed by atoms with van der Waals surface area (Å²) in [7, 11) is 0. The van der Waals surface area contributed by atoms with Gasteiger partial charge in [-0.2, -0.15) is 0 Å². The number of aliphatic carboxylic acids is 1. The molecule has 3 unspecified atom stereocenters. The topological polar surface area (TPSA) is 59.0 Å². The third-order valence-electron chi connectivity index (χ3n) is 3.98. The van der Waals surface area contributed by atoms with Crippen LogP contribution in [-0.4, -0.2) is 53.6 Å². The summed E-state index contributed by atoms with van der Waals surface area (Å²) in [4.78, 5) is 13.1. The number of carbonyl (C=O) groups is 1. The molecule has 0 spiro atoms. The molecule has 3 atom stereocenters. The maximum Gasteiger partial charge on any atom is 0.306 e. The molecule has 0 saturated carbocycles. The van der Waals surface area contributed by atoms with Gasteiger partial charge in [-0.1, -0.05) is 13.3 Å². The molecule has 0 aromatic heterocycles. The third-order valence-corrected chi connectivity index (χ3v) is 3.98. The van der Waals surface area contributed by atoms with Crippen LogP contribution in [0.2, 0.25) is 0 Å². The Balaban J connectivity index is 2.00. The molecule has 5 nitrogen and oxygen atoms in total. The van der Waals surface area contributed by atoms with Crippen molar-refractivity contribution in [3.8, 4) is 0 Å². The van der Waals surface area contributed by atoms with Crippen LogP contribution in [0.25, 0.3) is 0 Å². The fourth-order valence-electron chi connectivity index (χ4n) is 3.09. The second kappa shape index (κ2) is 5.55. The predicted molar refractivity (Wildman–Crippen MR) is 66.4 cm³/mol. The summed E-state index contributed by atoms with van der Waals surface area (Å²) in [5, 5.41) is 8.81. The average Bonchev–Trinajstić information content (AvgIpc) is 2.71. The minimum absolute atomic E-state index is 0.0223. The quantitative estimate of drug-likeness (QED) is 0.826. The van der Waals surface area contributed by atoms with Gasteiger partial charge in [0.2, 0.25) is 0 Å². The Morgan fingerprint density at radius 1 is 1.50 bits per heavy atom. The van der Waals surface area contributed by atoms with E-state index in [0.29, 0.717) is 6.61 Å². The van der Waals surface area contributed by atoms with E-state index in [4.69, 9.17) is 14.6 Å². The van der Waals surface area contributed by atoms with Crippen LogP contribution in [0, 0.1) is 0 Å². The second-order valence-corrected chi connectivity index (χ2v) is 5.30. The number of hydrogen-bond donors (Lipinski definition) is 1. The van der Waals surface area contributed by atoms with Crippen LogP contribution in [-0.2, 0) is 14.3 Å². The molecule has 0 aliphatic carbocycles. The Kier molecular flexibility index (Phi) is 4.25. The van der Waals surface area contributed by atoms with E-state index < -0.39 is 11.8 Å². The van der Waals surface area contributed by atoms with E-state index in [2.05, 4.69) is 11.8 Å². The zero-order chi connectivity index (χ0) is 13.2. The van der Waals surface area contributed by atoms with Crippen LogP contribution < -0.4 is 0 Å². The minimum Gasteiger partial charge on any atom is -0.481 e. The van der Waals surface area contributed by atoms with Crippen molar-refractivity contribution >= 4 is 5.97 Å². The van der Waals surface area contributed by atoms with Gasteiger partial charge in [0.15, 0.2) is 5.79 Å². The zero-order valence-electron chi connectivity index (χ0n) is 11.2. The first-order chi connectivity index (χ1) is 8.55. The highest BCUT2D eigenvalue weighted by molar-refractivity contribution is 5.67. The molecule has 2 fully saturated rings. The molecule has 5 heteroatoms. The van der Waals surface area contributed by atoms with Gasteiger partial charge < -0.3 is 14.6 Å². The first kappa shape index (κ1) is 13.8. The van der Waals surface area contributed by atoms with Crippen molar-refractivity contribution in [2.45, 2.75) is 57.5 Å². The zero-order valence-corrected chi connectivity index (χ0v) is 11.2. The average molecular weight is 257 g/mol. The molecular weight excluding hydrogens is 234 g/mol. The number of ether oxygens (including phenoxy) is 2. The van der Waals surface area contributed by atoms with Gasteiger partial charge in [-0.05, 0) is 32.9 Å². The van der Waals surface area contributed by atoms with E-state index in [1.165, 1.54) is 12.8 Å². The number of piperidine rings is 1. The number of likely N-dealkylation sites (tertiary alicyclic amines) is 1. The molecule has 2 aliphatic heterocycles. The van der Waals surface area contributed by atoms with Crippen molar-refractivity contribution in [3.05, 3.63) is 0 Å². The monoisotopic (exact) mass is 257 g/mol. The van der Waals surface area contributed by atoms with Gasteiger partial charge in [-0.3, -0.25) is 9.69 Å². The molecular formula is C13H23NO4. The Labute approximate surface area is 108 Å². The maximum absolute atomic E-state index is 10.7. The molecule has 2 heterocycles. The SMILES string of the molecule is CCN1CCCCC1C1(C)OCC(CC(=O)O)O1. The summed E-state index contributed by atoms with van der Waals surface area (Å²) in [5.74, 6) is -1.47. The van der Waals surface area contributed by atoms with Gasteiger partial charge in [-0.25, -0.2) is 0 Å². The highest BCUT2D eigenvalue weighted by Gasteiger charge is 2.47. The lowest BCUT2D eigenvalue weighted by Crippen LogP contribution is -2.54. The van der Waals surface area contributed by atoms with Crippen molar-refractivity contribution in [3.63, 3.8) is 0 Å². The molecule has 2 aliphatic rings. The number of carboxylic acid groups (broad SMARTS) is 1. The van der Waals surface area contributed by atoms with E-state index in [9.17, 15) is 4.79 Å². The first-order valence-electron chi connectivity index (χ1n) is 6.83. The summed E-state index contributed by atoms with van der Waals surface area (Å²) in [6, 6.07) is 0.245. The lowest BCUT2D eigenvalue weighted by Gasteiger charge is -2.43. The van der Waals surface area contributed by atoms with Crippen LogP contribution in [0.5, 0.6) is 0 Å². The summed E-state index contributed by atoms with van der Waals surface area (Å²) in [6.45, 7) is 6.54. The highest BCUT2D eigenvalue weighted by Crippen LogP contribution is 2.35. The molecule has 0 aromatic rings. The van der Waals surface area contributed by atoms with Crippen LogP contribution >= 0.6 is 0 Å². The largest absolute Gasteiger partial charge is 0.481 e. The fraction of sp³-hybridized carbons (Fsp3) is 0.923. The molecule has 18 heavy (non-hydrogen) atoms. The number of likely N-dealkylation sites (N-methyl/N-ethyl adjacent to an activating group) is 1. The second-order valence-electron chi connectivity index (χ2n) is 5.30. The number of hydrogen-bond acceptors (Lipinski definition) is 4. The maximum atomic E-state index is 10.7. The van der Waals surface area contributed by atoms with Gasteiger partial charge >= 0.3 is 5.97 Å². The first-order valence-corrected chi connectivity index (χ1v) is 6.83. The van der Waals surface area contributed by atoms with Gasteiger partial charge in [0.25, 0.3) is 0 Å². The fourth-order valence-corrected chi connectivity index (χ4v) is 3.09. The smallest absolute Gasteiger partial charge is 0.306 e.